The van der Waals surface area contributed by atoms with E-state index in [9.17, 15) is 4.21 Å². The summed E-state index contributed by atoms with van der Waals surface area (Å²) in [6.45, 7) is 2.99. The molecule has 1 aromatic heterocycles. The zero-order valence-electron chi connectivity index (χ0n) is 16.1. The van der Waals surface area contributed by atoms with Gasteiger partial charge in [0.05, 0.1) is 6.61 Å². The minimum atomic E-state index is -0.646. The highest BCUT2D eigenvalue weighted by Gasteiger charge is 2.25. The van der Waals surface area contributed by atoms with Gasteiger partial charge in [-0.05, 0) is 62.4 Å². The van der Waals surface area contributed by atoms with Crippen LogP contribution < -0.4 is 4.74 Å². The van der Waals surface area contributed by atoms with E-state index in [1.165, 1.54) is 35.9 Å². The Hall–Kier alpha value is -1.37. The van der Waals surface area contributed by atoms with Crippen LogP contribution in [0.2, 0.25) is 0 Å². The molecule has 148 valence electrons. The van der Waals surface area contributed by atoms with Gasteiger partial charge in [0.15, 0.2) is 0 Å². The van der Waals surface area contributed by atoms with Crippen LogP contribution >= 0.6 is 0 Å². The smallest absolute Gasteiger partial charge is 0.120 e. The first-order chi connectivity index (χ1) is 13.2. The maximum absolute atomic E-state index is 11.5. The number of fused-ring (bicyclic) bond motifs is 1. The summed E-state index contributed by atoms with van der Waals surface area (Å²) in [5.74, 6) is 2.46. The number of H-pyrrole nitrogens is 1. The van der Waals surface area contributed by atoms with Crippen molar-refractivity contribution >= 4 is 21.7 Å². The van der Waals surface area contributed by atoms with Gasteiger partial charge in [-0.1, -0.05) is 0 Å². The number of aromatic nitrogens is 1. The van der Waals surface area contributed by atoms with Gasteiger partial charge in [-0.2, -0.15) is 0 Å². The van der Waals surface area contributed by atoms with Crippen molar-refractivity contribution in [3.8, 4) is 5.75 Å². The van der Waals surface area contributed by atoms with Gasteiger partial charge in [-0.15, -0.1) is 0 Å². The molecule has 0 bridgehead atoms. The molecular weight excluding hydrogens is 360 g/mol. The lowest BCUT2D eigenvalue weighted by molar-refractivity contribution is 0.141. The number of hydrogen-bond donors (Lipinski definition) is 1. The van der Waals surface area contributed by atoms with Crippen molar-refractivity contribution in [2.45, 2.75) is 44.2 Å². The number of nitrogens with one attached hydrogen (secondary N) is 1. The lowest BCUT2D eigenvalue weighted by Gasteiger charge is -2.24. The molecule has 1 atom stereocenters. The van der Waals surface area contributed by atoms with Crippen LogP contribution in [0.3, 0.4) is 0 Å². The van der Waals surface area contributed by atoms with Crippen molar-refractivity contribution in [3.05, 3.63) is 30.0 Å². The van der Waals surface area contributed by atoms with Crippen LogP contribution in [0.4, 0.5) is 0 Å². The first-order valence-electron chi connectivity index (χ1n) is 10.1. The molecular formula is C21H30N2O3S. The van der Waals surface area contributed by atoms with E-state index in [4.69, 9.17) is 9.47 Å². The van der Waals surface area contributed by atoms with Crippen LogP contribution in [0, 0.1) is 0 Å². The van der Waals surface area contributed by atoms with Gasteiger partial charge in [0.1, 0.15) is 11.9 Å². The van der Waals surface area contributed by atoms with Gasteiger partial charge in [-0.3, -0.25) is 9.11 Å². The van der Waals surface area contributed by atoms with E-state index in [1.807, 2.05) is 0 Å². The summed E-state index contributed by atoms with van der Waals surface area (Å²) in [4.78, 5) is 5.98. The number of rotatable bonds is 7. The summed E-state index contributed by atoms with van der Waals surface area (Å²) < 4.78 is 23.0. The second-order valence-corrected chi connectivity index (χ2v) is 9.41. The van der Waals surface area contributed by atoms with Crippen molar-refractivity contribution in [3.63, 3.8) is 0 Å². The van der Waals surface area contributed by atoms with Crippen LogP contribution in [0.25, 0.3) is 10.9 Å². The Balaban J connectivity index is 1.46. The van der Waals surface area contributed by atoms with Crippen molar-refractivity contribution in [2.24, 2.45) is 0 Å². The van der Waals surface area contributed by atoms with Gasteiger partial charge >= 0.3 is 0 Å². The molecule has 2 saturated heterocycles. The van der Waals surface area contributed by atoms with E-state index in [2.05, 4.69) is 34.3 Å². The van der Waals surface area contributed by atoms with Crippen LogP contribution in [0.5, 0.6) is 5.75 Å². The largest absolute Gasteiger partial charge is 0.490 e. The fourth-order valence-corrected chi connectivity index (χ4v) is 5.62. The number of aromatic amines is 1. The molecule has 2 aliphatic rings. The molecule has 1 unspecified atom stereocenters. The predicted molar refractivity (Wildman–Crippen MR) is 110 cm³/mol. The van der Waals surface area contributed by atoms with Crippen LogP contribution in [0.1, 0.15) is 31.2 Å². The average Bonchev–Trinajstić information content (AvgIpc) is 3.29. The zero-order chi connectivity index (χ0) is 18.6. The Morgan fingerprint density at radius 1 is 1.26 bits per heavy atom. The maximum atomic E-state index is 11.5. The van der Waals surface area contributed by atoms with Gasteiger partial charge in [0.25, 0.3) is 0 Å². The highest BCUT2D eigenvalue weighted by molar-refractivity contribution is 7.85. The highest BCUT2D eigenvalue weighted by atomic mass is 32.2. The molecule has 0 saturated carbocycles. The molecule has 1 N–H and O–H groups in total. The van der Waals surface area contributed by atoms with Crippen LogP contribution in [0.15, 0.2) is 24.4 Å². The molecule has 2 fully saturated rings. The topological polar surface area (TPSA) is 54.6 Å². The summed E-state index contributed by atoms with van der Waals surface area (Å²) in [6, 6.07) is 6.94. The van der Waals surface area contributed by atoms with Crippen molar-refractivity contribution in [1.29, 1.82) is 0 Å². The number of methoxy groups -OCH3 is 1. The monoisotopic (exact) mass is 390 g/mol. The molecule has 4 rings (SSSR count). The summed E-state index contributed by atoms with van der Waals surface area (Å²) >= 11 is 0. The highest BCUT2D eigenvalue weighted by Crippen LogP contribution is 2.29. The lowest BCUT2D eigenvalue weighted by atomic mass is 10.0. The van der Waals surface area contributed by atoms with E-state index in [-0.39, 0.29) is 6.10 Å². The van der Waals surface area contributed by atoms with E-state index in [0.29, 0.717) is 6.04 Å². The summed E-state index contributed by atoms with van der Waals surface area (Å²) in [5.41, 5.74) is 2.54. The number of hydrogen-bond acceptors (Lipinski definition) is 4. The van der Waals surface area contributed by atoms with Crippen molar-refractivity contribution < 1.29 is 13.7 Å². The number of nitrogens with zero attached hydrogens (tertiary/aromatic N) is 1. The molecule has 5 nitrogen and oxygen atoms in total. The normalized spacial score (nSPS) is 26.6. The van der Waals surface area contributed by atoms with Crippen molar-refractivity contribution in [2.75, 3.05) is 38.3 Å². The molecule has 2 aliphatic heterocycles. The van der Waals surface area contributed by atoms with Gasteiger partial charge in [0.2, 0.25) is 0 Å². The first kappa shape index (κ1) is 19.0. The lowest BCUT2D eigenvalue weighted by Crippen LogP contribution is -2.33. The molecule has 0 aliphatic carbocycles. The molecule has 27 heavy (non-hydrogen) atoms. The third-order valence-electron chi connectivity index (χ3n) is 5.91. The molecule has 3 heterocycles. The summed E-state index contributed by atoms with van der Waals surface area (Å²) in [6.07, 6.45) is 7.73. The first-order valence-corrected chi connectivity index (χ1v) is 11.6. The SMILES string of the molecule is COCCN1CCCC1Cc1c[nH]c2ccc(OC3CCS(=O)CC3)cc12. The Morgan fingerprint density at radius 3 is 2.93 bits per heavy atom. The van der Waals surface area contributed by atoms with Gasteiger partial charge < -0.3 is 14.5 Å². The minimum absolute atomic E-state index is 0.196. The minimum Gasteiger partial charge on any atom is -0.490 e. The standard InChI is InChI=1S/C21H30N2O3S/c1-25-10-9-23-8-2-3-17(23)13-16-15-22-21-5-4-19(14-20(16)21)26-18-6-11-27(24)12-7-18/h4-5,14-15,17-18,22H,2-3,6-13H2,1H3. The average molecular weight is 391 g/mol. The molecule has 6 heteroatoms. The molecule has 0 spiro atoms. The maximum Gasteiger partial charge on any atom is 0.120 e. The number of ether oxygens (including phenoxy) is 2. The van der Waals surface area contributed by atoms with E-state index < -0.39 is 10.8 Å². The predicted octanol–water partition coefficient (Wildman–Crippen LogP) is 3.11. The number of benzene rings is 1. The van der Waals surface area contributed by atoms with Crippen LogP contribution in [-0.2, 0) is 22.0 Å². The van der Waals surface area contributed by atoms with Gasteiger partial charge in [-0.25, -0.2) is 0 Å². The van der Waals surface area contributed by atoms with E-state index in [0.717, 1.165) is 49.7 Å². The second-order valence-electron chi connectivity index (χ2n) is 7.72. The molecule has 2 aromatic rings. The van der Waals surface area contributed by atoms with Gasteiger partial charge in [0, 0.05) is 59.1 Å². The second kappa shape index (κ2) is 8.76. The molecule has 0 radical (unpaired) electrons. The summed E-state index contributed by atoms with van der Waals surface area (Å²) in [7, 11) is 1.13. The summed E-state index contributed by atoms with van der Waals surface area (Å²) in [5, 5.41) is 1.27. The van der Waals surface area contributed by atoms with Crippen LogP contribution in [-0.4, -0.2) is 64.6 Å². The van der Waals surface area contributed by atoms with E-state index in [1.54, 1.807) is 7.11 Å². The Labute approximate surface area is 163 Å². The molecule has 1 aromatic carbocycles. The third kappa shape index (κ3) is 4.55. The third-order valence-corrected chi connectivity index (χ3v) is 7.30. The van der Waals surface area contributed by atoms with E-state index >= 15 is 0 Å². The Morgan fingerprint density at radius 2 is 2.11 bits per heavy atom. The zero-order valence-corrected chi connectivity index (χ0v) is 16.9. The molecule has 0 amide bonds. The number of likely N-dealkylation sites (tertiary alicyclic amines) is 1. The fraction of sp³-hybridized carbons (Fsp3) is 0.619. The fourth-order valence-electron chi connectivity index (χ4n) is 4.37. The van der Waals surface area contributed by atoms with Crippen molar-refractivity contribution in [1.82, 2.24) is 9.88 Å². The quantitative estimate of drug-likeness (QED) is 0.789. The Bertz CT molecular complexity index is 781. The Kier molecular flexibility index (Phi) is 6.15.